The molecule has 1 aromatic heterocycles. The molecule has 0 fully saturated rings. The van der Waals surface area contributed by atoms with Gasteiger partial charge in [-0.25, -0.2) is 5.10 Å². The number of methoxy groups -OCH3 is 1. The summed E-state index contributed by atoms with van der Waals surface area (Å²) >= 11 is 0. The molecule has 1 N–H and O–H groups in total. The number of rotatable bonds is 3. The molecule has 0 saturated heterocycles. The highest BCUT2D eigenvalue weighted by Gasteiger charge is 2.04. The SMILES string of the molecule is COC(=O)Cc1ccc(-c2ccc(=O)[nH]n2)cc1. The van der Waals surface area contributed by atoms with Crippen molar-refractivity contribution in [2.45, 2.75) is 6.42 Å². The molecule has 92 valence electrons. The van der Waals surface area contributed by atoms with Crippen molar-refractivity contribution in [1.29, 1.82) is 0 Å². The lowest BCUT2D eigenvalue weighted by molar-refractivity contribution is -0.139. The van der Waals surface area contributed by atoms with Crippen LogP contribution in [-0.2, 0) is 16.0 Å². The van der Waals surface area contributed by atoms with Crippen molar-refractivity contribution in [2.24, 2.45) is 0 Å². The number of H-pyrrole nitrogens is 1. The van der Waals surface area contributed by atoms with Crippen molar-refractivity contribution in [3.8, 4) is 11.3 Å². The van der Waals surface area contributed by atoms with E-state index < -0.39 is 0 Å². The first-order chi connectivity index (χ1) is 8.69. The zero-order chi connectivity index (χ0) is 13.0. The van der Waals surface area contributed by atoms with Crippen molar-refractivity contribution in [2.75, 3.05) is 7.11 Å². The van der Waals surface area contributed by atoms with E-state index in [1.165, 1.54) is 13.2 Å². The second kappa shape index (κ2) is 5.27. The predicted molar refractivity (Wildman–Crippen MR) is 66.0 cm³/mol. The monoisotopic (exact) mass is 244 g/mol. The van der Waals surface area contributed by atoms with Gasteiger partial charge in [-0.05, 0) is 11.6 Å². The number of esters is 1. The van der Waals surface area contributed by atoms with Gasteiger partial charge in [-0.1, -0.05) is 24.3 Å². The van der Waals surface area contributed by atoms with Crippen LogP contribution in [0.5, 0.6) is 0 Å². The summed E-state index contributed by atoms with van der Waals surface area (Å²) in [4.78, 5) is 22.0. The summed E-state index contributed by atoms with van der Waals surface area (Å²) in [6.45, 7) is 0. The van der Waals surface area contributed by atoms with Crippen molar-refractivity contribution < 1.29 is 9.53 Å². The van der Waals surface area contributed by atoms with Crippen LogP contribution in [0.2, 0.25) is 0 Å². The van der Waals surface area contributed by atoms with Crippen LogP contribution in [0.1, 0.15) is 5.56 Å². The standard InChI is InChI=1S/C13H12N2O3/c1-18-13(17)8-9-2-4-10(5-3-9)11-6-7-12(16)15-14-11/h2-7H,8H2,1H3,(H,15,16). The molecule has 0 spiro atoms. The van der Waals surface area contributed by atoms with Crippen molar-refractivity contribution in [3.05, 3.63) is 52.3 Å². The maximum atomic E-state index is 11.1. The summed E-state index contributed by atoms with van der Waals surface area (Å²) in [6, 6.07) is 10.4. The Kier molecular flexibility index (Phi) is 3.52. The number of hydrogen-bond acceptors (Lipinski definition) is 4. The lowest BCUT2D eigenvalue weighted by Gasteiger charge is -2.02. The van der Waals surface area contributed by atoms with Gasteiger partial charge in [-0.3, -0.25) is 9.59 Å². The smallest absolute Gasteiger partial charge is 0.309 e. The van der Waals surface area contributed by atoms with E-state index in [2.05, 4.69) is 14.9 Å². The molecule has 0 aliphatic carbocycles. The van der Waals surface area contributed by atoms with E-state index in [-0.39, 0.29) is 17.9 Å². The van der Waals surface area contributed by atoms with Crippen LogP contribution in [0.3, 0.4) is 0 Å². The number of nitrogens with zero attached hydrogens (tertiary/aromatic N) is 1. The van der Waals surface area contributed by atoms with E-state index in [0.717, 1.165) is 11.1 Å². The minimum atomic E-state index is -0.273. The molecule has 1 aromatic carbocycles. The Hall–Kier alpha value is -2.43. The topological polar surface area (TPSA) is 72.1 Å². The van der Waals surface area contributed by atoms with Gasteiger partial charge in [-0.15, -0.1) is 0 Å². The number of carbonyl (C=O) groups is 1. The highest BCUT2D eigenvalue weighted by Crippen LogP contribution is 2.16. The zero-order valence-corrected chi connectivity index (χ0v) is 9.84. The lowest BCUT2D eigenvalue weighted by atomic mass is 10.1. The molecule has 0 unspecified atom stereocenters. The highest BCUT2D eigenvalue weighted by molar-refractivity contribution is 5.72. The number of benzene rings is 1. The van der Waals surface area contributed by atoms with Crippen LogP contribution >= 0.6 is 0 Å². The first kappa shape index (κ1) is 12.0. The van der Waals surface area contributed by atoms with E-state index in [1.807, 2.05) is 24.3 Å². The predicted octanol–water partition coefficient (Wildman–Crippen LogP) is 1.15. The van der Waals surface area contributed by atoms with E-state index in [9.17, 15) is 9.59 Å². The molecule has 0 bridgehead atoms. The molecular formula is C13H12N2O3. The Morgan fingerprint density at radius 2 is 1.94 bits per heavy atom. The van der Waals surface area contributed by atoms with Gasteiger partial charge in [0.25, 0.3) is 5.56 Å². The van der Waals surface area contributed by atoms with E-state index in [4.69, 9.17) is 0 Å². The van der Waals surface area contributed by atoms with Crippen LogP contribution in [0, 0.1) is 0 Å². The Morgan fingerprint density at radius 1 is 1.22 bits per heavy atom. The summed E-state index contributed by atoms with van der Waals surface area (Å²) in [5.41, 5.74) is 2.19. The Labute approximate surface area is 103 Å². The summed E-state index contributed by atoms with van der Waals surface area (Å²) < 4.78 is 4.59. The zero-order valence-electron chi connectivity index (χ0n) is 9.84. The molecule has 0 atom stereocenters. The molecule has 1 heterocycles. The Balaban J connectivity index is 2.19. The highest BCUT2D eigenvalue weighted by atomic mass is 16.5. The van der Waals surface area contributed by atoms with Crippen molar-refractivity contribution in [1.82, 2.24) is 10.2 Å². The third-order valence-corrected chi connectivity index (χ3v) is 2.50. The fourth-order valence-corrected chi connectivity index (χ4v) is 1.54. The molecular weight excluding hydrogens is 232 g/mol. The third kappa shape index (κ3) is 2.82. The fourth-order valence-electron chi connectivity index (χ4n) is 1.54. The van der Waals surface area contributed by atoms with Gasteiger partial charge in [0.15, 0.2) is 0 Å². The van der Waals surface area contributed by atoms with Gasteiger partial charge < -0.3 is 4.74 Å². The molecule has 18 heavy (non-hydrogen) atoms. The van der Waals surface area contributed by atoms with Crippen LogP contribution in [0.25, 0.3) is 11.3 Å². The third-order valence-electron chi connectivity index (χ3n) is 2.50. The largest absolute Gasteiger partial charge is 0.469 e. The molecule has 0 saturated carbocycles. The Morgan fingerprint density at radius 3 is 2.50 bits per heavy atom. The van der Waals surface area contributed by atoms with Gasteiger partial charge >= 0.3 is 5.97 Å². The number of carbonyl (C=O) groups excluding carboxylic acids is 1. The van der Waals surface area contributed by atoms with Crippen LogP contribution in [0.15, 0.2) is 41.2 Å². The van der Waals surface area contributed by atoms with Gasteiger partial charge in [0.1, 0.15) is 0 Å². The van der Waals surface area contributed by atoms with Crippen LogP contribution < -0.4 is 5.56 Å². The molecule has 2 aromatic rings. The number of nitrogens with one attached hydrogen (secondary N) is 1. The lowest BCUT2D eigenvalue weighted by Crippen LogP contribution is -2.06. The van der Waals surface area contributed by atoms with Gasteiger partial charge in [-0.2, -0.15) is 5.10 Å². The first-order valence-electron chi connectivity index (χ1n) is 5.41. The van der Waals surface area contributed by atoms with Gasteiger partial charge in [0.05, 0.1) is 19.2 Å². The van der Waals surface area contributed by atoms with E-state index in [0.29, 0.717) is 5.69 Å². The van der Waals surface area contributed by atoms with Crippen molar-refractivity contribution >= 4 is 5.97 Å². The molecule has 0 aliphatic rings. The van der Waals surface area contributed by atoms with Crippen LogP contribution in [-0.4, -0.2) is 23.3 Å². The fraction of sp³-hybridized carbons (Fsp3) is 0.154. The Bertz CT molecular complexity index is 582. The molecule has 0 radical (unpaired) electrons. The summed E-state index contributed by atoms with van der Waals surface area (Å²) in [5.74, 6) is -0.273. The number of ether oxygens (including phenoxy) is 1. The number of hydrogen-bond donors (Lipinski definition) is 1. The van der Waals surface area contributed by atoms with Crippen molar-refractivity contribution in [3.63, 3.8) is 0 Å². The van der Waals surface area contributed by atoms with Crippen LogP contribution in [0.4, 0.5) is 0 Å². The number of aromatic amines is 1. The van der Waals surface area contributed by atoms with Gasteiger partial charge in [0.2, 0.25) is 0 Å². The summed E-state index contributed by atoms with van der Waals surface area (Å²) in [5, 5.41) is 6.30. The minimum Gasteiger partial charge on any atom is -0.469 e. The minimum absolute atomic E-state index is 0.235. The molecule has 5 heteroatoms. The van der Waals surface area contributed by atoms with Gasteiger partial charge in [0, 0.05) is 11.6 Å². The van der Waals surface area contributed by atoms with E-state index >= 15 is 0 Å². The second-order valence-corrected chi connectivity index (χ2v) is 3.76. The summed E-state index contributed by atoms with van der Waals surface area (Å²) in [7, 11) is 1.36. The average Bonchev–Trinajstić information content (AvgIpc) is 2.40. The average molecular weight is 244 g/mol. The second-order valence-electron chi connectivity index (χ2n) is 3.76. The first-order valence-corrected chi connectivity index (χ1v) is 5.41. The normalized spacial score (nSPS) is 10.1. The number of aromatic nitrogens is 2. The van der Waals surface area contributed by atoms with E-state index in [1.54, 1.807) is 6.07 Å². The quantitative estimate of drug-likeness (QED) is 0.822. The molecule has 0 amide bonds. The maximum Gasteiger partial charge on any atom is 0.309 e. The maximum absolute atomic E-state index is 11.1. The summed E-state index contributed by atoms with van der Waals surface area (Å²) in [6.07, 6.45) is 0.246. The molecule has 2 rings (SSSR count). The molecule has 0 aliphatic heterocycles. The molecule has 5 nitrogen and oxygen atoms in total.